The molecule has 2 heterocycles. The fourth-order valence-corrected chi connectivity index (χ4v) is 5.63. The van der Waals surface area contributed by atoms with E-state index in [0.717, 1.165) is 55.2 Å². The topological polar surface area (TPSA) is 86.8 Å². The van der Waals surface area contributed by atoms with Crippen molar-refractivity contribution in [3.63, 3.8) is 0 Å². The first-order chi connectivity index (χ1) is 14.8. The zero-order chi connectivity index (χ0) is 22.4. The number of carbonyl (C=O) groups excluding carboxylic acids is 2. The zero-order valence-corrected chi connectivity index (χ0v) is 18.3. The lowest BCUT2D eigenvalue weighted by Crippen LogP contribution is -2.43. The lowest BCUT2D eigenvalue weighted by molar-refractivity contribution is -0.131. The number of rotatable bonds is 6. The number of carbonyl (C=O) groups is 2. The molecule has 2 fully saturated rings. The van der Waals surface area contributed by atoms with Crippen LogP contribution in [0.5, 0.6) is 0 Å². The van der Waals surface area contributed by atoms with Crippen molar-refractivity contribution < 1.29 is 26.8 Å². The summed E-state index contributed by atoms with van der Waals surface area (Å²) in [6.45, 7) is 1.88. The summed E-state index contributed by atoms with van der Waals surface area (Å²) >= 11 is 0. The predicted octanol–water partition coefficient (Wildman–Crippen LogP) is 2.27. The third-order valence-corrected chi connectivity index (χ3v) is 7.85. The molecule has 7 nitrogen and oxygen atoms in total. The Labute approximate surface area is 181 Å². The largest absolute Gasteiger partial charge is 0.355 e. The molecule has 172 valence electrons. The van der Waals surface area contributed by atoms with E-state index >= 15 is 0 Å². The maximum Gasteiger partial charge on any atom is 0.246 e. The number of nitrogens with one attached hydrogen (secondary N) is 1. The summed E-state index contributed by atoms with van der Waals surface area (Å²) in [5.74, 6) is -2.38. The molecule has 0 saturated carbocycles. The highest BCUT2D eigenvalue weighted by Crippen LogP contribution is 2.26. The van der Waals surface area contributed by atoms with Crippen LogP contribution < -0.4 is 5.32 Å². The van der Waals surface area contributed by atoms with Gasteiger partial charge >= 0.3 is 0 Å². The van der Waals surface area contributed by atoms with Gasteiger partial charge in [-0.1, -0.05) is 12.8 Å². The molecule has 2 aliphatic heterocycles. The molecule has 2 saturated heterocycles. The maximum atomic E-state index is 13.9. The molecule has 0 atom stereocenters. The molecule has 1 aromatic rings. The van der Waals surface area contributed by atoms with Crippen molar-refractivity contribution in [2.45, 2.75) is 49.8 Å². The number of likely N-dealkylation sites (tertiary alicyclic amines) is 1. The third kappa shape index (κ3) is 6.00. The van der Waals surface area contributed by atoms with Gasteiger partial charge in [0, 0.05) is 45.1 Å². The molecule has 0 radical (unpaired) electrons. The molecule has 0 aliphatic carbocycles. The van der Waals surface area contributed by atoms with Gasteiger partial charge in [0.15, 0.2) is 0 Å². The highest BCUT2D eigenvalue weighted by molar-refractivity contribution is 7.89. The minimum absolute atomic E-state index is 0.0419. The van der Waals surface area contributed by atoms with E-state index in [1.807, 2.05) is 4.90 Å². The summed E-state index contributed by atoms with van der Waals surface area (Å²) in [7, 11) is -4.17. The van der Waals surface area contributed by atoms with Gasteiger partial charge in [-0.05, 0) is 43.9 Å². The van der Waals surface area contributed by atoms with Gasteiger partial charge in [0.05, 0.1) is 0 Å². The summed E-state index contributed by atoms with van der Waals surface area (Å²) < 4.78 is 53.7. The van der Waals surface area contributed by atoms with Crippen LogP contribution in [-0.2, 0) is 19.6 Å². The van der Waals surface area contributed by atoms with Crippen molar-refractivity contribution in [1.29, 1.82) is 0 Å². The number of sulfonamides is 1. The van der Waals surface area contributed by atoms with E-state index in [9.17, 15) is 26.8 Å². The Balaban J connectivity index is 1.46. The van der Waals surface area contributed by atoms with Gasteiger partial charge in [0.2, 0.25) is 21.8 Å². The molecule has 1 aromatic carbocycles. The van der Waals surface area contributed by atoms with E-state index < -0.39 is 26.6 Å². The van der Waals surface area contributed by atoms with Crippen molar-refractivity contribution >= 4 is 21.8 Å². The molecule has 1 N–H and O–H groups in total. The minimum Gasteiger partial charge on any atom is -0.355 e. The number of hydrogen-bond acceptors (Lipinski definition) is 4. The van der Waals surface area contributed by atoms with E-state index in [0.29, 0.717) is 6.07 Å². The lowest BCUT2D eigenvalue weighted by atomic mass is 9.97. The van der Waals surface area contributed by atoms with Gasteiger partial charge in [0.1, 0.15) is 16.5 Å². The van der Waals surface area contributed by atoms with Crippen molar-refractivity contribution in [2.75, 3.05) is 32.7 Å². The quantitative estimate of drug-likeness (QED) is 0.710. The maximum absolute atomic E-state index is 13.9. The molecule has 0 spiro atoms. The van der Waals surface area contributed by atoms with Crippen LogP contribution in [-0.4, -0.2) is 62.2 Å². The highest BCUT2D eigenvalue weighted by atomic mass is 32.2. The fourth-order valence-electron chi connectivity index (χ4n) is 4.09. The fraction of sp³-hybridized carbons (Fsp3) is 0.619. The minimum atomic E-state index is -4.17. The van der Waals surface area contributed by atoms with E-state index in [2.05, 4.69) is 5.32 Å². The number of halogens is 2. The SMILES string of the molecule is O=C(NCCC(=O)N1CCCCCC1)C1CCN(S(=O)(=O)c2cc(F)ccc2F)CC1. The van der Waals surface area contributed by atoms with E-state index in [1.165, 1.54) is 0 Å². The monoisotopic (exact) mass is 457 g/mol. The molecule has 3 rings (SSSR count). The first-order valence-corrected chi connectivity index (χ1v) is 12.2. The second-order valence-electron chi connectivity index (χ2n) is 8.09. The summed E-state index contributed by atoms with van der Waals surface area (Å²) in [5.41, 5.74) is 0. The summed E-state index contributed by atoms with van der Waals surface area (Å²) in [4.78, 5) is 25.9. The van der Waals surface area contributed by atoms with Gasteiger partial charge in [-0.25, -0.2) is 17.2 Å². The summed E-state index contributed by atoms with van der Waals surface area (Å²) in [6.07, 6.45) is 5.11. The van der Waals surface area contributed by atoms with Gasteiger partial charge in [0.25, 0.3) is 0 Å². The van der Waals surface area contributed by atoms with Crippen LogP contribution in [0.1, 0.15) is 44.9 Å². The van der Waals surface area contributed by atoms with Gasteiger partial charge < -0.3 is 10.2 Å². The predicted molar refractivity (Wildman–Crippen MR) is 111 cm³/mol. The molecule has 0 aromatic heterocycles. The van der Waals surface area contributed by atoms with Crippen LogP contribution in [0.2, 0.25) is 0 Å². The number of nitrogens with zero attached hydrogens (tertiary/aromatic N) is 2. The molecule has 2 amide bonds. The molecule has 2 aliphatic rings. The van der Waals surface area contributed by atoms with Gasteiger partial charge in [-0.3, -0.25) is 9.59 Å². The molecular weight excluding hydrogens is 428 g/mol. The lowest BCUT2D eigenvalue weighted by Gasteiger charge is -2.30. The van der Waals surface area contributed by atoms with Crippen molar-refractivity contribution in [3.8, 4) is 0 Å². The van der Waals surface area contributed by atoms with Crippen molar-refractivity contribution in [2.24, 2.45) is 5.92 Å². The molecule has 0 unspecified atom stereocenters. The number of benzene rings is 1. The number of hydrogen-bond donors (Lipinski definition) is 1. The van der Waals surface area contributed by atoms with Crippen LogP contribution in [0.25, 0.3) is 0 Å². The first-order valence-electron chi connectivity index (χ1n) is 10.8. The van der Waals surface area contributed by atoms with E-state index in [-0.39, 0.29) is 56.6 Å². The molecule has 31 heavy (non-hydrogen) atoms. The second kappa shape index (κ2) is 10.5. The van der Waals surface area contributed by atoms with Crippen molar-refractivity contribution in [3.05, 3.63) is 29.8 Å². The summed E-state index contributed by atoms with van der Waals surface area (Å²) in [6, 6.07) is 2.32. The Kier molecular flexibility index (Phi) is 7.99. The second-order valence-corrected chi connectivity index (χ2v) is 10.00. The van der Waals surface area contributed by atoms with Crippen LogP contribution in [0.15, 0.2) is 23.1 Å². The van der Waals surface area contributed by atoms with E-state index in [4.69, 9.17) is 0 Å². The average Bonchev–Trinajstić information content (AvgIpc) is 3.05. The number of amides is 2. The Morgan fingerprint density at radius 1 is 1.00 bits per heavy atom. The van der Waals surface area contributed by atoms with E-state index in [1.54, 1.807) is 0 Å². The average molecular weight is 458 g/mol. The highest BCUT2D eigenvalue weighted by Gasteiger charge is 2.33. The Hall–Kier alpha value is -2.07. The molecule has 0 bridgehead atoms. The Morgan fingerprint density at radius 3 is 2.29 bits per heavy atom. The standard InChI is InChI=1S/C21H29F2N3O4S/c22-17-5-6-18(23)19(15-17)31(29,30)26-13-8-16(9-14-26)21(28)24-10-7-20(27)25-11-3-1-2-4-12-25/h5-6,15-16H,1-4,7-14H2,(H,24,28). The van der Waals surface area contributed by atoms with Crippen LogP contribution in [0.3, 0.4) is 0 Å². The van der Waals surface area contributed by atoms with Crippen LogP contribution in [0, 0.1) is 17.6 Å². The third-order valence-electron chi connectivity index (χ3n) is 5.93. The van der Waals surface area contributed by atoms with Crippen LogP contribution in [0.4, 0.5) is 8.78 Å². The Morgan fingerprint density at radius 2 is 1.65 bits per heavy atom. The van der Waals surface area contributed by atoms with Gasteiger partial charge in [-0.2, -0.15) is 4.31 Å². The zero-order valence-electron chi connectivity index (χ0n) is 17.5. The normalized spacial score (nSPS) is 19.1. The summed E-state index contributed by atoms with van der Waals surface area (Å²) in [5, 5.41) is 2.78. The number of piperidine rings is 1. The molecular formula is C21H29F2N3O4S. The van der Waals surface area contributed by atoms with Gasteiger partial charge in [-0.15, -0.1) is 0 Å². The first kappa shape index (κ1) is 23.6. The van der Waals surface area contributed by atoms with Crippen LogP contribution >= 0.6 is 0 Å². The molecule has 10 heteroatoms. The smallest absolute Gasteiger partial charge is 0.246 e. The van der Waals surface area contributed by atoms with Crippen molar-refractivity contribution in [1.82, 2.24) is 14.5 Å². The Bertz CT molecular complexity index is 894.